The van der Waals surface area contributed by atoms with Crippen LogP contribution in [0.15, 0.2) is 48.5 Å². The Balaban J connectivity index is 1.42. The highest BCUT2D eigenvalue weighted by Gasteiger charge is 2.18. The number of hydrogen-bond donors (Lipinski definition) is 0. The predicted octanol–water partition coefficient (Wildman–Crippen LogP) is 4.56. The molecule has 0 radical (unpaired) electrons. The summed E-state index contributed by atoms with van der Waals surface area (Å²) in [6.07, 6.45) is 3.94. The van der Waals surface area contributed by atoms with E-state index in [0.717, 1.165) is 37.2 Å². The van der Waals surface area contributed by atoms with Crippen molar-refractivity contribution in [2.24, 2.45) is 0 Å². The van der Waals surface area contributed by atoms with Gasteiger partial charge in [0.25, 0.3) is 11.1 Å². The maximum Gasteiger partial charge on any atom is 0.298 e. The van der Waals surface area contributed by atoms with Crippen LogP contribution in [-0.2, 0) is 6.42 Å². The van der Waals surface area contributed by atoms with Gasteiger partial charge < -0.3 is 14.4 Å². The number of aromatic nitrogens is 2. The second-order valence-electron chi connectivity index (χ2n) is 6.99. The van der Waals surface area contributed by atoms with Crippen molar-refractivity contribution in [2.75, 3.05) is 20.2 Å². The van der Waals surface area contributed by atoms with Crippen molar-refractivity contribution >= 4 is 17.4 Å². The maximum atomic E-state index is 12.7. The van der Waals surface area contributed by atoms with Crippen LogP contribution in [0.3, 0.4) is 0 Å². The number of methoxy groups -OCH3 is 1. The number of carbonyl (C=O) groups is 1. The normalized spacial score (nSPS) is 13.9. The van der Waals surface area contributed by atoms with E-state index in [9.17, 15) is 4.79 Å². The fourth-order valence-electron chi connectivity index (χ4n) is 3.39. The summed E-state index contributed by atoms with van der Waals surface area (Å²) in [5, 5.41) is 0.463. The van der Waals surface area contributed by atoms with Crippen LogP contribution in [0.25, 0.3) is 0 Å². The predicted molar refractivity (Wildman–Crippen MR) is 112 cm³/mol. The quantitative estimate of drug-likeness (QED) is 0.597. The fourth-order valence-corrected chi connectivity index (χ4v) is 3.96. The molecule has 0 atom stereocenters. The average Bonchev–Trinajstić information content (AvgIpc) is 3.20. The Labute approximate surface area is 174 Å². The largest absolute Gasteiger partial charge is 0.497 e. The molecule has 0 N–H and O–H groups in total. The van der Waals surface area contributed by atoms with E-state index < -0.39 is 0 Å². The van der Waals surface area contributed by atoms with Crippen molar-refractivity contribution < 1.29 is 14.3 Å². The van der Waals surface area contributed by atoms with E-state index in [1.807, 2.05) is 47.4 Å². The number of piperidine rings is 1. The van der Waals surface area contributed by atoms with Gasteiger partial charge in [0.15, 0.2) is 5.82 Å². The molecule has 1 aliphatic heterocycles. The molecule has 1 aromatic heterocycles. The van der Waals surface area contributed by atoms with Crippen LogP contribution in [-0.4, -0.2) is 40.4 Å². The van der Waals surface area contributed by atoms with Crippen LogP contribution >= 0.6 is 11.5 Å². The van der Waals surface area contributed by atoms with Gasteiger partial charge in [0, 0.05) is 36.6 Å². The molecule has 1 amide bonds. The Morgan fingerprint density at radius 3 is 2.69 bits per heavy atom. The molecule has 6 nitrogen and oxygen atoms in total. The van der Waals surface area contributed by atoms with E-state index in [1.54, 1.807) is 13.2 Å². The van der Waals surface area contributed by atoms with Crippen molar-refractivity contribution in [3.8, 4) is 16.7 Å². The zero-order valence-corrected chi connectivity index (χ0v) is 17.2. The summed E-state index contributed by atoms with van der Waals surface area (Å²) >= 11 is 1.21. The van der Waals surface area contributed by atoms with Crippen molar-refractivity contribution in [2.45, 2.75) is 25.7 Å². The minimum absolute atomic E-state index is 0.0612. The van der Waals surface area contributed by atoms with E-state index in [0.29, 0.717) is 28.8 Å². The molecule has 7 heteroatoms. The number of benzene rings is 2. The molecule has 150 valence electrons. The highest BCUT2D eigenvalue weighted by molar-refractivity contribution is 7.07. The molecule has 1 saturated heterocycles. The topological polar surface area (TPSA) is 64.6 Å². The smallest absolute Gasteiger partial charge is 0.298 e. The van der Waals surface area contributed by atoms with E-state index in [-0.39, 0.29) is 5.91 Å². The van der Waals surface area contributed by atoms with E-state index in [4.69, 9.17) is 9.47 Å². The lowest BCUT2D eigenvalue weighted by Gasteiger charge is -2.26. The first-order valence-electron chi connectivity index (χ1n) is 9.74. The van der Waals surface area contributed by atoms with Crippen LogP contribution in [0.4, 0.5) is 0 Å². The molecule has 0 bridgehead atoms. The number of likely N-dealkylation sites (tertiary alicyclic amines) is 1. The number of carbonyl (C=O) groups excluding carboxylic acids is 1. The molecule has 29 heavy (non-hydrogen) atoms. The van der Waals surface area contributed by atoms with E-state index in [2.05, 4.69) is 9.36 Å². The van der Waals surface area contributed by atoms with Crippen molar-refractivity contribution in [1.82, 2.24) is 14.3 Å². The minimum Gasteiger partial charge on any atom is -0.497 e. The first-order valence-corrected chi connectivity index (χ1v) is 10.5. The molecule has 2 heterocycles. The molecule has 1 fully saturated rings. The van der Waals surface area contributed by atoms with Crippen LogP contribution in [0.2, 0.25) is 0 Å². The van der Waals surface area contributed by atoms with Gasteiger partial charge in [-0.1, -0.05) is 18.2 Å². The van der Waals surface area contributed by atoms with Gasteiger partial charge in [0.1, 0.15) is 11.5 Å². The monoisotopic (exact) mass is 409 g/mol. The number of nitrogens with zero attached hydrogens (tertiary/aromatic N) is 3. The van der Waals surface area contributed by atoms with Gasteiger partial charge in [-0.05, 0) is 55.2 Å². The molecule has 1 aliphatic rings. The summed E-state index contributed by atoms with van der Waals surface area (Å²) in [7, 11) is 1.65. The van der Waals surface area contributed by atoms with Gasteiger partial charge in [-0.3, -0.25) is 4.79 Å². The van der Waals surface area contributed by atoms with Gasteiger partial charge >= 0.3 is 0 Å². The molecule has 0 spiro atoms. The van der Waals surface area contributed by atoms with Crippen LogP contribution in [0.1, 0.15) is 41.0 Å². The first-order chi connectivity index (χ1) is 14.2. The SMILES string of the molecule is COc1cccc(Cc2nsc(Oc3cccc(C(=O)N4CCCCC4)c3)n2)c1. The van der Waals surface area contributed by atoms with Gasteiger partial charge in [0.2, 0.25) is 0 Å². The van der Waals surface area contributed by atoms with Crippen LogP contribution in [0.5, 0.6) is 16.7 Å². The third-order valence-corrected chi connectivity index (χ3v) is 5.51. The Morgan fingerprint density at radius 1 is 1.07 bits per heavy atom. The van der Waals surface area contributed by atoms with E-state index >= 15 is 0 Å². The van der Waals surface area contributed by atoms with E-state index in [1.165, 1.54) is 18.0 Å². The lowest BCUT2D eigenvalue weighted by molar-refractivity contribution is 0.0724. The highest BCUT2D eigenvalue weighted by Crippen LogP contribution is 2.26. The maximum absolute atomic E-state index is 12.7. The molecular weight excluding hydrogens is 386 g/mol. The molecule has 4 rings (SSSR count). The third kappa shape index (κ3) is 4.92. The molecule has 0 unspecified atom stereocenters. The molecule has 0 aliphatic carbocycles. The van der Waals surface area contributed by atoms with Gasteiger partial charge in [-0.2, -0.15) is 9.36 Å². The number of ether oxygens (including phenoxy) is 2. The Morgan fingerprint density at radius 2 is 1.86 bits per heavy atom. The lowest BCUT2D eigenvalue weighted by Crippen LogP contribution is -2.35. The summed E-state index contributed by atoms with van der Waals surface area (Å²) in [5.74, 6) is 2.16. The van der Waals surface area contributed by atoms with Crippen molar-refractivity contribution in [1.29, 1.82) is 0 Å². The van der Waals surface area contributed by atoms with Gasteiger partial charge in [-0.25, -0.2) is 0 Å². The highest BCUT2D eigenvalue weighted by atomic mass is 32.1. The minimum atomic E-state index is 0.0612. The molecule has 2 aromatic carbocycles. The molecule has 3 aromatic rings. The first kappa shape index (κ1) is 19.4. The summed E-state index contributed by atoms with van der Waals surface area (Å²) < 4.78 is 15.5. The second-order valence-corrected chi connectivity index (χ2v) is 7.70. The average molecular weight is 410 g/mol. The standard InChI is InChI=1S/C22H23N3O3S/c1-27-18-9-5-7-16(13-18)14-20-23-22(29-24-20)28-19-10-6-8-17(15-19)21(26)25-11-3-2-4-12-25/h5-10,13,15H,2-4,11-12,14H2,1H3. The Hall–Kier alpha value is -2.93. The van der Waals surface area contributed by atoms with Gasteiger partial charge in [-0.15, -0.1) is 0 Å². The zero-order chi connectivity index (χ0) is 20.1. The van der Waals surface area contributed by atoms with Crippen molar-refractivity contribution in [3.63, 3.8) is 0 Å². The van der Waals surface area contributed by atoms with Crippen LogP contribution in [0, 0.1) is 0 Å². The zero-order valence-electron chi connectivity index (χ0n) is 16.3. The lowest BCUT2D eigenvalue weighted by atomic mass is 10.1. The summed E-state index contributed by atoms with van der Waals surface area (Å²) in [4.78, 5) is 19.1. The summed E-state index contributed by atoms with van der Waals surface area (Å²) in [6, 6.07) is 15.1. The van der Waals surface area contributed by atoms with Crippen molar-refractivity contribution in [3.05, 3.63) is 65.5 Å². The Kier molecular flexibility index (Phi) is 6.05. The number of rotatable bonds is 6. The van der Waals surface area contributed by atoms with Crippen LogP contribution < -0.4 is 9.47 Å². The Bertz CT molecular complexity index is 983. The van der Waals surface area contributed by atoms with Gasteiger partial charge in [0.05, 0.1) is 7.11 Å². The molecular formula is C22H23N3O3S. The number of hydrogen-bond acceptors (Lipinski definition) is 6. The second kappa shape index (κ2) is 9.05. The summed E-state index contributed by atoms with van der Waals surface area (Å²) in [5.41, 5.74) is 1.72. The third-order valence-electron chi connectivity index (χ3n) is 4.88. The summed E-state index contributed by atoms with van der Waals surface area (Å²) in [6.45, 7) is 1.65. The fraction of sp³-hybridized carbons (Fsp3) is 0.318. The molecule has 0 saturated carbocycles. The number of amides is 1.